The fourth-order valence-corrected chi connectivity index (χ4v) is 2.23. The predicted octanol–water partition coefficient (Wildman–Crippen LogP) is 4.38. The monoisotopic (exact) mass is 290 g/mol. The van der Waals surface area contributed by atoms with Gasteiger partial charge in [0.15, 0.2) is 0 Å². The molecule has 2 aromatic carbocycles. The highest BCUT2D eigenvalue weighted by Crippen LogP contribution is 2.29. The highest BCUT2D eigenvalue weighted by Gasteiger charge is 2.15. The van der Waals surface area contributed by atoms with Gasteiger partial charge in [0.05, 0.1) is 12.0 Å². The number of hydrogen-bond acceptors (Lipinski definition) is 1. The number of aliphatic carboxylic acids is 1. The minimum atomic E-state index is -1.12. The van der Waals surface area contributed by atoms with Gasteiger partial charge in [-0.3, -0.25) is 4.79 Å². The van der Waals surface area contributed by atoms with Gasteiger partial charge in [0.1, 0.15) is 11.6 Å². The van der Waals surface area contributed by atoms with Crippen LogP contribution in [0.25, 0.3) is 11.1 Å². The molecule has 0 aliphatic carbocycles. The first-order valence-electron chi connectivity index (χ1n) is 6.68. The number of carboxylic acids is 1. The number of carboxylic acid groups (broad SMARTS) is 1. The zero-order chi connectivity index (χ0) is 15.6. The summed E-state index contributed by atoms with van der Waals surface area (Å²) in [6.45, 7) is 4.00. The van der Waals surface area contributed by atoms with Crippen LogP contribution in [-0.4, -0.2) is 11.1 Å². The Balaban J connectivity index is 2.49. The van der Waals surface area contributed by atoms with Gasteiger partial charge in [-0.15, -0.1) is 0 Å². The average molecular weight is 290 g/mol. The van der Waals surface area contributed by atoms with Crippen molar-refractivity contribution in [3.05, 3.63) is 59.2 Å². The molecule has 0 fully saturated rings. The molecule has 0 aromatic heterocycles. The van der Waals surface area contributed by atoms with Crippen LogP contribution in [0.3, 0.4) is 0 Å². The van der Waals surface area contributed by atoms with Crippen molar-refractivity contribution in [3.63, 3.8) is 0 Å². The Morgan fingerprint density at radius 1 is 1.14 bits per heavy atom. The second kappa shape index (κ2) is 6.04. The first-order valence-corrected chi connectivity index (χ1v) is 6.68. The van der Waals surface area contributed by atoms with Crippen LogP contribution in [0, 0.1) is 11.6 Å². The maximum absolute atomic E-state index is 14.1. The lowest BCUT2D eigenvalue weighted by molar-refractivity contribution is -0.136. The number of halogens is 2. The van der Waals surface area contributed by atoms with Crippen LogP contribution >= 0.6 is 0 Å². The van der Waals surface area contributed by atoms with Crippen LogP contribution in [0.5, 0.6) is 0 Å². The van der Waals surface area contributed by atoms with Gasteiger partial charge < -0.3 is 5.11 Å². The molecule has 0 saturated carbocycles. The molecule has 1 N–H and O–H groups in total. The van der Waals surface area contributed by atoms with E-state index < -0.39 is 24.0 Å². The fourth-order valence-electron chi connectivity index (χ4n) is 2.23. The third-order valence-electron chi connectivity index (χ3n) is 3.30. The van der Waals surface area contributed by atoms with Crippen molar-refractivity contribution >= 4 is 5.97 Å². The molecule has 0 atom stereocenters. The second-order valence-electron chi connectivity index (χ2n) is 5.29. The lowest BCUT2D eigenvalue weighted by Gasteiger charge is -2.11. The standard InChI is InChI=1S/C17H16F2O2/c1-10(2)12-4-3-5-13(9-12)17-14(18)6-11(7-15(17)19)8-16(20)21/h3-7,9-10H,8H2,1-2H3,(H,20,21). The van der Waals surface area contributed by atoms with Crippen molar-refractivity contribution in [2.45, 2.75) is 26.2 Å². The van der Waals surface area contributed by atoms with Crippen LogP contribution in [0.15, 0.2) is 36.4 Å². The molecule has 0 aliphatic heterocycles. The van der Waals surface area contributed by atoms with Crippen molar-refractivity contribution < 1.29 is 18.7 Å². The Labute approximate surface area is 122 Å². The molecule has 0 radical (unpaired) electrons. The maximum Gasteiger partial charge on any atom is 0.307 e. The van der Waals surface area contributed by atoms with Crippen molar-refractivity contribution in [1.82, 2.24) is 0 Å². The molecule has 4 heteroatoms. The molecule has 0 saturated heterocycles. The summed E-state index contributed by atoms with van der Waals surface area (Å²) in [5, 5.41) is 8.69. The van der Waals surface area contributed by atoms with Crippen LogP contribution in [-0.2, 0) is 11.2 Å². The molecule has 2 aromatic rings. The summed E-state index contributed by atoms with van der Waals surface area (Å²) in [5.74, 6) is -2.36. The van der Waals surface area contributed by atoms with E-state index in [9.17, 15) is 13.6 Å². The Morgan fingerprint density at radius 2 is 1.76 bits per heavy atom. The minimum absolute atomic E-state index is 0.112. The van der Waals surface area contributed by atoms with E-state index >= 15 is 0 Å². The van der Waals surface area contributed by atoms with E-state index in [0.29, 0.717) is 5.56 Å². The van der Waals surface area contributed by atoms with E-state index in [1.165, 1.54) is 0 Å². The normalized spacial score (nSPS) is 10.9. The molecule has 21 heavy (non-hydrogen) atoms. The molecule has 2 rings (SSSR count). The van der Waals surface area contributed by atoms with Crippen LogP contribution < -0.4 is 0 Å². The molecule has 0 aliphatic rings. The summed E-state index contributed by atoms with van der Waals surface area (Å²) in [5.41, 5.74) is 1.44. The number of carbonyl (C=O) groups is 1. The van der Waals surface area contributed by atoms with E-state index in [2.05, 4.69) is 0 Å². The Hall–Kier alpha value is -2.23. The van der Waals surface area contributed by atoms with Crippen molar-refractivity contribution in [3.8, 4) is 11.1 Å². The topological polar surface area (TPSA) is 37.3 Å². The zero-order valence-electron chi connectivity index (χ0n) is 11.9. The van der Waals surface area contributed by atoms with Gasteiger partial charge in [-0.1, -0.05) is 38.1 Å². The lowest BCUT2D eigenvalue weighted by atomic mass is 9.96. The maximum atomic E-state index is 14.1. The number of rotatable bonds is 4. The summed E-state index contributed by atoms with van der Waals surface area (Å²) in [6, 6.07) is 9.22. The number of hydrogen-bond donors (Lipinski definition) is 1. The zero-order valence-corrected chi connectivity index (χ0v) is 11.9. The van der Waals surface area contributed by atoms with Gasteiger partial charge in [-0.25, -0.2) is 8.78 Å². The molecular formula is C17H16F2O2. The number of benzene rings is 2. The molecular weight excluding hydrogens is 274 g/mol. The molecule has 0 amide bonds. The quantitative estimate of drug-likeness (QED) is 0.907. The van der Waals surface area contributed by atoms with Crippen molar-refractivity contribution in [1.29, 1.82) is 0 Å². The predicted molar refractivity (Wildman–Crippen MR) is 77.2 cm³/mol. The van der Waals surface area contributed by atoms with Crippen LogP contribution in [0.4, 0.5) is 8.78 Å². The highest BCUT2D eigenvalue weighted by molar-refractivity contribution is 5.72. The van der Waals surface area contributed by atoms with Crippen LogP contribution in [0.2, 0.25) is 0 Å². The van der Waals surface area contributed by atoms with E-state index in [1.807, 2.05) is 19.9 Å². The Morgan fingerprint density at radius 3 is 2.29 bits per heavy atom. The minimum Gasteiger partial charge on any atom is -0.481 e. The molecule has 0 bridgehead atoms. The Bertz CT molecular complexity index is 655. The van der Waals surface area contributed by atoms with Gasteiger partial charge in [0.25, 0.3) is 0 Å². The third-order valence-corrected chi connectivity index (χ3v) is 3.30. The molecule has 0 heterocycles. The summed E-state index contributed by atoms with van der Waals surface area (Å²) in [4.78, 5) is 10.6. The first kappa shape index (κ1) is 15.2. The van der Waals surface area contributed by atoms with E-state index in [0.717, 1.165) is 17.7 Å². The Kier molecular flexibility index (Phi) is 4.36. The smallest absolute Gasteiger partial charge is 0.307 e. The SMILES string of the molecule is CC(C)c1cccc(-c2c(F)cc(CC(=O)O)cc2F)c1. The van der Waals surface area contributed by atoms with E-state index in [-0.39, 0.29) is 17.0 Å². The fraction of sp³-hybridized carbons (Fsp3) is 0.235. The van der Waals surface area contributed by atoms with Gasteiger partial charge >= 0.3 is 5.97 Å². The average Bonchev–Trinajstić information content (AvgIpc) is 2.37. The van der Waals surface area contributed by atoms with Crippen molar-refractivity contribution in [2.75, 3.05) is 0 Å². The van der Waals surface area contributed by atoms with Gasteiger partial charge in [0.2, 0.25) is 0 Å². The van der Waals surface area contributed by atoms with E-state index in [4.69, 9.17) is 5.11 Å². The van der Waals surface area contributed by atoms with E-state index in [1.54, 1.807) is 18.2 Å². The van der Waals surface area contributed by atoms with Crippen LogP contribution in [0.1, 0.15) is 30.9 Å². The van der Waals surface area contributed by atoms with Gasteiger partial charge in [-0.2, -0.15) is 0 Å². The summed E-state index contributed by atoms with van der Waals surface area (Å²) < 4.78 is 28.3. The molecule has 2 nitrogen and oxygen atoms in total. The lowest BCUT2D eigenvalue weighted by Crippen LogP contribution is -2.02. The molecule has 110 valence electrons. The summed E-state index contributed by atoms with van der Waals surface area (Å²) in [6.07, 6.45) is -0.403. The molecule has 0 unspecified atom stereocenters. The van der Waals surface area contributed by atoms with Crippen molar-refractivity contribution in [2.24, 2.45) is 0 Å². The third kappa shape index (κ3) is 3.45. The largest absolute Gasteiger partial charge is 0.481 e. The van der Waals surface area contributed by atoms with Gasteiger partial charge in [-0.05, 0) is 34.7 Å². The highest BCUT2D eigenvalue weighted by atomic mass is 19.1. The van der Waals surface area contributed by atoms with Gasteiger partial charge in [0, 0.05) is 0 Å². The summed E-state index contributed by atoms with van der Waals surface area (Å²) in [7, 11) is 0. The molecule has 0 spiro atoms. The summed E-state index contributed by atoms with van der Waals surface area (Å²) >= 11 is 0. The first-order chi connectivity index (χ1) is 9.88. The second-order valence-corrected chi connectivity index (χ2v) is 5.29.